The van der Waals surface area contributed by atoms with Crippen LogP contribution in [0.3, 0.4) is 0 Å². The molecule has 0 unspecified atom stereocenters. The maximum atomic E-state index is 13.8. The van der Waals surface area contributed by atoms with Crippen LogP contribution < -0.4 is 0 Å². The standard InChI is InChI=1S/C12H9ClFN3/c1-7-12(13)8(2)17(16-7)11-4-3-9(6-15)5-10(11)14/h3-5H,1-2H3. The molecule has 3 nitrogen and oxygen atoms in total. The molecule has 0 N–H and O–H groups in total. The Morgan fingerprint density at radius 3 is 2.59 bits per heavy atom. The summed E-state index contributed by atoms with van der Waals surface area (Å²) in [4.78, 5) is 0. The van der Waals surface area contributed by atoms with Gasteiger partial charge in [-0.05, 0) is 32.0 Å². The number of nitriles is 1. The number of halogens is 2. The molecule has 0 aliphatic carbocycles. The summed E-state index contributed by atoms with van der Waals surface area (Å²) >= 11 is 6.00. The van der Waals surface area contributed by atoms with Gasteiger partial charge < -0.3 is 0 Å². The first-order valence-corrected chi connectivity index (χ1v) is 5.34. The fourth-order valence-electron chi connectivity index (χ4n) is 1.61. The van der Waals surface area contributed by atoms with Crippen molar-refractivity contribution in [2.75, 3.05) is 0 Å². The van der Waals surface area contributed by atoms with E-state index in [-0.39, 0.29) is 11.3 Å². The van der Waals surface area contributed by atoms with Gasteiger partial charge in [-0.15, -0.1) is 0 Å². The third-order valence-corrected chi connectivity index (χ3v) is 3.05. The Morgan fingerprint density at radius 1 is 1.41 bits per heavy atom. The van der Waals surface area contributed by atoms with Crippen molar-refractivity contribution in [2.45, 2.75) is 13.8 Å². The number of hydrogen-bond donors (Lipinski definition) is 0. The lowest BCUT2D eigenvalue weighted by molar-refractivity contribution is 0.607. The Bertz CT molecular complexity index is 625. The molecule has 0 radical (unpaired) electrons. The lowest BCUT2D eigenvalue weighted by Gasteiger charge is -2.05. The lowest BCUT2D eigenvalue weighted by Crippen LogP contribution is -2.02. The molecule has 0 fully saturated rings. The molecule has 2 rings (SSSR count). The number of nitrogens with zero attached hydrogens (tertiary/aromatic N) is 3. The normalized spacial score (nSPS) is 10.3. The summed E-state index contributed by atoms with van der Waals surface area (Å²) in [5.74, 6) is -0.494. The van der Waals surface area contributed by atoms with Crippen molar-refractivity contribution in [1.29, 1.82) is 5.26 Å². The van der Waals surface area contributed by atoms with E-state index in [2.05, 4.69) is 5.10 Å². The first-order valence-electron chi connectivity index (χ1n) is 4.96. The monoisotopic (exact) mass is 249 g/mol. The van der Waals surface area contributed by atoms with Gasteiger partial charge in [-0.3, -0.25) is 0 Å². The summed E-state index contributed by atoms with van der Waals surface area (Å²) in [6.45, 7) is 3.52. The molecule has 0 bridgehead atoms. The number of aromatic nitrogens is 2. The molecule has 1 heterocycles. The smallest absolute Gasteiger partial charge is 0.150 e. The molecular weight excluding hydrogens is 241 g/mol. The average molecular weight is 250 g/mol. The topological polar surface area (TPSA) is 41.6 Å². The SMILES string of the molecule is Cc1nn(-c2ccc(C#N)cc2F)c(C)c1Cl. The summed E-state index contributed by atoms with van der Waals surface area (Å²) in [6.07, 6.45) is 0. The van der Waals surface area contributed by atoms with Gasteiger partial charge in [0, 0.05) is 0 Å². The van der Waals surface area contributed by atoms with E-state index in [0.717, 1.165) is 0 Å². The highest BCUT2D eigenvalue weighted by atomic mass is 35.5. The summed E-state index contributed by atoms with van der Waals surface area (Å²) in [6, 6.07) is 6.12. The molecule has 0 spiro atoms. The van der Waals surface area contributed by atoms with Gasteiger partial charge in [0.2, 0.25) is 0 Å². The van der Waals surface area contributed by atoms with Crippen molar-refractivity contribution in [3.63, 3.8) is 0 Å². The molecule has 1 aromatic heterocycles. The number of rotatable bonds is 1. The van der Waals surface area contributed by atoms with Gasteiger partial charge >= 0.3 is 0 Å². The van der Waals surface area contributed by atoms with E-state index in [1.165, 1.54) is 16.8 Å². The van der Waals surface area contributed by atoms with Crippen LogP contribution in [0.15, 0.2) is 18.2 Å². The summed E-state index contributed by atoms with van der Waals surface area (Å²) in [5.41, 5.74) is 1.89. The van der Waals surface area contributed by atoms with Gasteiger partial charge in [0.05, 0.1) is 28.0 Å². The van der Waals surface area contributed by atoms with Crippen molar-refractivity contribution in [3.05, 3.63) is 46.0 Å². The van der Waals surface area contributed by atoms with Crippen LogP contribution in [0.4, 0.5) is 4.39 Å². The maximum absolute atomic E-state index is 13.8. The molecule has 5 heteroatoms. The largest absolute Gasteiger partial charge is 0.233 e. The molecule has 0 saturated heterocycles. The Labute approximate surface area is 103 Å². The number of benzene rings is 1. The fraction of sp³-hybridized carbons (Fsp3) is 0.167. The van der Waals surface area contributed by atoms with Gasteiger partial charge in [-0.1, -0.05) is 11.6 Å². The zero-order chi connectivity index (χ0) is 12.6. The fourth-order valence-corrected chi connectivity index (χ4v) is 1.72. The van der Waals surface area contributed by atoms with Gasteiger partial charge in [0.1, 0.15) is 11.5 Å². The molecular formula is C12H9ClFN3. The van der Waals surface area contributed by atoms with E-state index in [1.54, 1.807) is 19.9 Å². The summed E-state index contributed by atoms with van der Waals surface area (Å²) in [5, 5.41) is 13.3. The zero-order valence-corrected chi connectivity index (χ0v) is 10.1. The highest BCUT2D eigenvalue weighted by Gasteiger charge is 2.13. The molecule has 17 heavy (non-hydrogen) atoms. The van der Waals surface area contributed by atoms with Crippen molar-refractivity contribution in [3.8, 4) is 11.8 Å². The van der Waals surface area contributed by atoms with Crippen molar-refractivity contribution in [2.24, 2.45) is 0 Å². The molecule has 0 aliphatic heterocycles. The Hall–Kier alpha value is -1.86. The second-order valence-corrected chi connectivity index (χ2v) is 4.05. The van der Waals surface area contributed by atoms with Gasteiger partial charge in [-0.2, -0.15) is 10.4 Å². The minimum Gasteiger partial charge on any atom is -0.233 e. The van der Waals surface area contributed by atoms with E-state index in [1.807, 2.05) is 6.07 Å². The second kappa shape index (κ2) is 4.19. The summed E-state index contributed by atoms with van der Waals surface area (Å²) in [7, 11) is 0. The van der Waals surface area contributed by atoms with Crippen LogP contribution in [0.25, 0.3) is 5.69 Å². The minimum absolute atomic E-state index is 0.277. The predicted octanol–water partition coefficient (Wildman–Crippen LogP) is 3.15. The van der Waals surface area contributed by atoms with Crippen LogP contribution in [0.1, 0.15) is 17.0 Å². The molecule has 1 aromatic carbocycles. The van der Waals surface area contributed by atoms with E-state index in [0.29, 0.717) is 16.4 Å². The van der Waals surface area contributed by atoms with Gasteiger partial charge in [0.15, 0.2) is 0 Å². The summed E-state index contributed by atoms with van der Waals surface area (Å²) < 4.78 is 15.2. The van der Waals surface area contributed by atoms with Crippen LogP contribution in [0, 0.1) is 31.0 Å². The highest BCUT2D eigenvalue weighted by molar-refractivity contribution is 6.31. The Morgan fingerprint density at radius 2 is 2.12 bits per heavy atom. The molecule has 2 aromatic rings. The predicted molar refractivity (Wildman–Crippen MR) is 62.7 cm³/mol. The van der Waals surface area contributed by atoms with Crippen LogP contribution in [-0.2, 0) is 0 Å². The minimum atomic E-state index is -0.494. The molecule has 0 saturated carbocycles. The highest BCUT2D eigenvalue weighted by Crippen LogP contribution is 2.24. The lowest BCUT2D eigenvalue weighted by atomic mass is 10.2. The third-order valence-electron chi connectivity index (χ3n) is 2.51. The quantitative estimate of drug-likeness (QED) is 0.779. The molecule has 0 amide bonds. The Balaban J connectivity index is 2.62. The van der Waals surface area contributed by atoms with Crippen LogP contribution in [0.5, 0.6) is 0 Å². The number of aryl methyl sites for hydroxylation is 1. The average Bonchev–Trinajstić information content (AvgIpc) is 2.57. The van der Waals surface area contributed by atoms with Crippen molar-refractivity contribution in [1.82, 2.24) is 9.78 Å². The van der Waals surface area contributed by atoms with Crippen LogP contribution in [-0.4, -0.2) is 9.78 Å². The molecule has 0 atom stereocenters. The third kappa shape index (κ3) is 1.90. The van der Waals surface area contributed by atoms with Crippen molar-refractivity contribution < 1.29 is 4.39 Å². The molecule has 86 valence electrons. The van der Waals surface area contributed by atoms with E-state index in [4.69, 9.17) is 16.9 Å². The van der Waals surface area contributed by atoms with Crippen molar-refractivity contribution >= 4 is 11.6 Å². The van der Waals surface area contributed by atoms with Crippen LogP contribution >= 0.6 is 11.6 Å². The maximum Gasteiger partial charge on any atom is 0.150 e. The van der Waals surface area contributed by atoms with E-state index < -0.39 is 5.82 Å². The second-order valence-electron chi connectivity index (χ2n) is 3.67. The van der Waals surface area contributed by atoms with Crippen LogP contribution in [0.2, 0.25) is 5.02 Å². The van der Waals surface area contributed by atoms with E-state index in [9.17, 15) is 4.39 Å². The first kappa shape index (κ1) is 11.6. The number of hydrogen-bond acceptors (Lipinski definition) is 2. The van der Waals surface area contributed by atoms with E-state index >= 15 is 0 Å². The van der Waals surface area contributed by atoms with Gasteiger partial charge in [-0.25, -0.2) is 9.07 Å². The zero-order valence-electron chi connectivity index (χ0n) is 9.33. The first-order chi connectivity index (χ1) is 8.04. The Kier molecular flexibility index (Phi) is 2.86. The molecule has 0 aliphatic rings. The van der Waals surface area contributed by atoms with Gasteiger partial charge in [0.25, 0.3) is 0 Å².